The average Bonchev–Trinajstić information content (AvgIpc) is 3.92. The number of aromatic nitrogens is 2. The van der Waals surface area contributed by atoms with Gasteiger partial charge in [0, 0.05) is 47.7 Å². The van der Waals surface area contributed by atoms with Crippen molar-refractivity contribution in [2.75, 3.05) is 10.6 Å². The Labute approximate surface area is 319 Å². The highest BCUT2D eigenvalue weighted by atomic mass is 16.5. The number of hydrogen-bond donors (Lipinski definition) is 2. The number of ether oxygens (including phenoxy) is 3. The molecule has 9 heteroatoms. The van der Waals surface area contributed by atoms with Gasteiger partial charge in [0.05, 0.1) is 0 Å². The van der Waals surface area contributed by atoms with E-state index in [1.807, 2.05) is 146 Å². The molecule has 0 aliphatic carbocycles. The van der Waals surface area contributed by atoms with E-state index in [-0.39, 0.29) is 13.2 Å². The first-order chi connectivity index (χ1) is 27.2. The highest BCUT2D eigenvalue weighted by Crippen LogP contribution is 2.26. The van der Waals surface area contributed by atoms with Crippen molar-refractivity contribution in [2.24, 2.45) is 0 Å². The zero-order valence-electron chi connectivity index (χ0n) is 29.9. The largest absolute Gasteiger partial charge is 0.457 e. The number of anilines is 2. The maximum Gasteiger partial charge on any atom is 0.163 e. The third-order valence-corrected chi connectivity index (χ3v) is 8.77. The van der Waals surface area contributed by atoms with Crippen LogP contribution in [0.5, 0.6) is 23.0 Å². The van der Waals surface area contributed by atoms with Gasteiger partial charge in [-0.15, -0.1) is 0 Å². The minimum Gasteiger partial charge on any atom is -0.457 e. The average molecular weight is 727 g/mol. The fraction of sp³-hybridized carbons (Fsp3) is 0.0870. The minimum atomic E-state index is 0.251. The van der Waals surface area contributed by atoms with Crippen molar-refractivity contribution in [1.29, 1.82) is 0 Å². The molecule has 0 saturated heterocycles. The van der Waals surface area contributed by atoms with E-state index in [0.717, 1.165) is 68.0 Å². The Morgan fingerprint density at radius 2 is 0.800 bits per heavy atom. The van der Waals surface area contributed by atoms with Crippen LogP contribution in [0, 0.1) is 0 Å². The molecule has 0 saturated carbocycles. The van der Waals surface area contributed by atoms with E-state index in [1.165, 1.54) is 0 Å². The molecule has 0 fully saturated rings. The molecule has 2 N–H and O–H groups in total. The molecule has 0 aliphatic rings. The lowest BCUT2D eigenvalue weighted by atomic mass is 10.1. The number of hydrogen-bond acceptors (Lipinski definition) is 9. The van der Waals surface area contributed by atoms with E-state index in [2.05, 4.69) is 45.2 Å². The van der Waals surface area contributed by atoms with Crippen molar-refractivity contribution in [3.63, 3.8) is 0 Å². The number of benzene rings is 6. The van der Waals surface area contributed by atoms with Crippen LogP contribution in [-0.4, -0.2) is 10.3 Å². The molecule has 0 radical (unpaired) electrons. The normalized spacial score (nSPS) is 10.9. The molecule has 6 aromatic carbocycles. The van der Waals surface area contributed by atoms with E-state index >= 15 is 0 Å². The fourth-order valence-electron chi connectivity index (χ4n) is 5.81. The van der Waals surface area contributed by atoms with Crippen LogP contribution in [-0.2, 0) is 31.0 Å². The lowest BCUT2D eigenvalue weighted by Crippen LogP contribution is -1.99. The summed E-state index contributed by atoms with van der Waals surface area (Å²) in [4.78, 5) is 0. The van der Waals surface area contributed by atoms with Crippen LogP contribution in [0.2, 0.25) is 0 Å². The quantitative estimate of drug-likeness (QED) is 0.101. The standard InChI is InChI=1S/C46H38N4O5/c1-3-7-39(8-4-1)52-41-23-11-33(12-24-41)29-47-37-19-15-35(16-20-37)45-27-43(54-49-45)31-51-32-44-28-46(50-55-44)36-17-21-38(22-18-36)48-30-34-13-25-42(26-14-34)53-40-9-5-2-6-10-40/h1-28,47-48H,29-32H2. The molecule has 2 heterocycles. The molecule has 0 bridgehead atoms. The SMILES string of the molecule is c1ccc(Oc2ccc(CNc3ccc(-c4cc(COCc5cc(-c6ccc(NCc7ccc(Oc8ccccc8)cc7)cc6)no5)on4)cc3)cc2)cc1. The molecular formula is C46H38N4O5. The summed E-state index contributed by atoms with van der Waals surface area (Å²) in [5.74, 6) is 4.49. The summed E-state index contributed by atoms with van der Waals surface area (Å²) in [6, 6.07) is 55.6. The van der Waals surface area contributed by atoms with Crippen molar-refractivity contribution in [1.82, 2.24) is 10.3 Å². The Morgan fingerprint density at radius 1 is 0.418 bits per heavy atom. The predicted molar refractivity (Wildman–Crippen MR) is 213 cm³/mol. The molecular weight excluding hydrogens is 689 g/mol. The smallest absolute Gasteiger partial charge is 0.163 e. The summed E-state index contributed by atoms with van der Waals surface area (Å²) in [6.07, 6.45) is 0. The van der Waals surface area contributed by atoms with Gasteiger partial charge in [-0.2, -0.15) is 0 Å². The van der Waals surface area contributed by atoms with E-state index in [9.17, 15) is 0 Å². The van der Waals surface area contributed by atoms with Gasteiger partial charge in [0.25, 0.3) is 0 Å². The Balaban J connectivity index is 0.758. The van der Waals surface area contributed by atoms with Gasteiger partial charge in [0.15, 0.2) is 11.5 Å². The topological polar surface area (TPSA) is 104 Å². The Bertz CT molecular complexity index is 2200. The van der Waals surface area contributed by atoms with Crippen LogP contribution in [0.15, 0.2) is 179 Å². The maximum absolute atomic E-state index is 5.89. The monoisotopic (exact) mass is 726 g/mol. The van der Waals surface area contributed by atoms with Crippen LogP contribution in [0.25, 0.3) is 22.5 Å². The van der Waals surface area contributed by atoms with Gasteiger partial charge in [-0.1, -0.05) is 95.2 Å². The molecule has 0 atom stereocenters. The van der Waals surface area contributed by atoms with Gasteiger partial charge in [-0.05, 0) is 83.9 Å². The highest BCUT2D eigenvalue weighted by molar-refractivity contribution is 5.63. The van der Waals surface area contributed by atoms with E-state index in [0.29, 0.717) is 24.6 Å². The van der Waals surface area contributed by atoms with Gasteiger partial charge in [-0.3, -0.25) is 0 Å². The molecule has 9 nitrogen and oxygen atoms in total. The number of para-hydroxylation sites is 2. The third kappa shape index (κ3) is 9.67. The van der Waals surface area contributed by atoms with Crippen LogP contribution in [0.1, 0.15) is 22.6 Å². The summed E-state index contributed by atoms with van der Waals surface area (Å²) in [5.41, 5.74) is 7.70. The predicted octanol–water partition coefficient (Wildman–Crippen LogP) is 11.5. The van der Waals surface area contributed by atoms with Gasteiger partial charge in [0.1, 0.15) is 47.6 Å². The van der Waals surface area contributed by atoms with E-state index in [1.54, 1.807) is 0 Å². The number of rotatable bonds is 16. The summed E-state index contributed by atoms with van der Waals surface area (Å²) in [7, 11) is 0. The molecule has 0 amide bonds. The van der Waals surface area contributed by atoms with Crippen molar-refractivity contribution >= 4 is 11.4 Å². The van der Waals surface area contributed by atoms with Crippen LogP contribution >= 0.6 is 0 Å². The van der Waals surface area contributed by atoms with E-state index < -0.39 is 0 Å². The molecule has 8 aromatic rings. The third-order valence-electron chi connectivity index (χ3n) is 8.77. The molecule has 0 unspecified atom stereocenters. The molecule has 0 aliphatic heterocycles. The first-order valence-electron chi connectivity index (χ1n) is 18.0. The second-order valence-electron chi connectivity index (χ2n) is 12.8. The van der Waals surface area contributed by atoms with Crippen LogP contribution < -0.4 is 20.1 Å². The van der Waals surface area contributed by atoms with Gasteiger partial charge in [-0.25, -0.2) is 0 Å². The Morgan fingerprint density at radius 3 is 1.20 bits per heavy atom. The summed E-state index contributed by atoms with van der Waals surface area (Å²) in [5, 5.41) is 15.4. The summed E-state index contributed by atoms with van der Waals surface area (Å²) < 4.78 is 28.7. The lowest BCUT2D eigenvalue weighted by molar-refractivity contribution is 0.0727. The van der Waals surface area contributed by atoms with Crippen molar-refractivity contribution in [3.05, 3.63) is 193 Å². The zero-order chi connectivity index (χ0) is 37.1. The van der Waals surface area contributed by atoms with E-state index in [4.69, 9.17) is 23.3 Å². The Kier molecular flexibility index (Phi) is 10.9. The summed E-state index contributed by atoms with van der Waals surface area (Å²) in [6.45, 7) is 1.88. The minimum absolute atomic E-state index is 0.251. The van der Waals surface area contributed by atoms with Crippen LogP contribution in [0.4, 0.5) is 11.4 Å². The fourth-order valence-corrected chi connectivity index (χ4v) is 5.81. The summed E-state index contributed by atoms with van der Waals surface area (Å²) >= 11 is 0. The second-order valence-corrected chi connectivity index (χ2v) is 12.8. The van der Waals surface area contributed by atoms with Crippen molar-refractivity contribution in [3.8, 4) is 45.5 Å². The molecule has 0 spiro atoms. The Hall–Kier alpha value is -7.10. The molecule has 2 aromatic heterocycles. The zero-order valence-corrected chi connectivity index (χ0v) is 29.9. The van der Waals surface area contributed by atoms with Crippen molar-refractivity contribution in [2.45, 2.75) is 26.3 Å². The maximum atomic E-state index is 5.89. The van der Waals surface area contributed by atoms with Gasteiger partial charge in [0.2, 0.25) is 0 Å². The first kappa shape index (κ1) is 35.0. The van der Waals surface area contributed by atoms with Gasteiger partial charge < -0.3 is 33.9 Å². The molecule has 8 rings (SSSR count). The van der Waals surface area contributed by atoms with Crippen LogP contribution in [0.3, 0.4) is 0 Å². The molecule has 55 heavy (non-hydrogen) atoms. The second kappa shape index (κ2) is 17.2. The molecule has 272 valence electrons. The van der Waals surface area contributed by atoms with Crippen molar-refractivity contribution < 1.29 is 23.3 Å². The first-order valence-corrected chi connectivity index (χ1v) is 18.0. The lowest BCUT2D eigenvalue weighted by Gasteiger charge is -2.09. The number of nitrogens with one attached hydrogen (secondary N) is 2. The number of nitrogens with zero attached hydrogens (tertiary/aromatic N) is 2. The highest BCUT2D eigenvalue weighted by Gasteiger charge is 2.11. The van der Waals surface area contributed by atoms with Gasteiger partial charge >= 0.3 is 0 Å².